The maximum atomic E-state index is 11.2. The van der Waals surface area contributed by atoms with Crippen molar-refractivity contribution in [2.45, 2.75) is 32.1 Å². The van der Waals surface area contributed by atoms with Gasteiger partial charge in [-0.2, -0.15) is 0 Å². The Hall–Kier alpha value is -0.730. The summed E-state index contributed by atoms with van der Waals surface area (Å²) in [6, 6.07) is 0.0937. The Balaban J connectivity index is 2.02. The molecule has 1 saturated carbocycles. The predicted molar refractivity (Wildman–Crippen MR) is 51.5 cm³/mol. The second kappa shape index (κ2) is 3.20. The van der Waals surface area contributed by atoms with Gasteiger partial charge in [-0.25, -0.2) is 4.79 Å². The minimum Gasteiger partial charge on any atom is -0.337 e. The van der Waals surface area contributed by atoms with Crippen LogP contribution in [0.15, 0.2) is 0 Å². The molecule has 1 aliphatic carbocycles. The van der Waals surface area contributed by atoms with Crippen LogP contribution in [0.3, 0.4) is 0 Å². The van der Waals surface area contributed by atoms with E-state index in [2.05, 4.69) is 5.32 Å². The molecule has 3 heteroatoms. The first-order valence-corrected chi connectivity index (χ1v) is 5.21. The van der Waals surface area contributed by atoms with Gasteiger partial charge >= 0.3 is 6.03 Å². The fourth-order valence-electron chi connectivity index (χ4n) is 2.67. The first-order valence-electron chi connectivity index (χ1n) is 5.21. The first-order chi connectivity index (χ1) is 6.22. The molecular formula is C10H18N2O. The van der Waals surface area contributed by atoms with E-state index in [1.807, 2.05) is 11.9 Å². The number of carbonyl (C=O) groups is 1. The molecule has 13 heavy (non-hydrogen) atoms. The zero-order valence-corrected chi connectivity index (χ0v) is 8.31. The van der Waals surface area contributed by atoms with Crippen LogP contribution in [0.5, 0.6) is 0 Å². The van der Waals surface area contributed by atoms with Gasteiger partial charge in [0.05, 0.1) is 0 Å². The molecule has 2 fully saturated rings. The summed E-state index contributed by atoms with van der Waals surface area (Å²) in [5.74, 6) is 0. The summed E-state index contributed by atoms with van der Waals surface area (Å²) in [5.41, 5.74) is 0.404. The second-order valence-corrected chi connectivity index (χ2v) is 4.58. The quantitative estimate of drug-likeness (QED) is 0.606. The lowest BCUT2D eigenvalue weighted by molar-refractivity contribution is 0.0981. The number of urea groups is 1. The molecule has 0 unspecified atom stereocenters. The topological polar surface area (TPSA) is 32.3 Å². The molecule has 1 aliphatic heterocycles. The van der Waals surface area contributed by atoms with Crippen molar-refractivity contribution in [3.05, 3.63) is 0 Å². The molecule has 0 aromatic carbocycles. The number of amides is 2. The van der Waals surface area contributed by atoms with E-state index in [1.165, 1.54) is 32.1 Å². The second-order valence-electron chi connectivity index (χ2n) is 4.58. The van der Waals surface area contributed by atoms with Gasteiger partial charge in [-0.1, -0.05) is 19.3 Å². The lowest BCUT2D eigenvalue weighted by Gasteiger charge is -2.44. The summed E-state index contributed by atoms with van der Waals surface area (Å²) in [6.07, 6.45) is 6.63. The SMILES string of the molecule is CN1CC2(CCCCC2)CNC1=O. The minimum absolute atomic E-state index is 0.0937. The minimum atomic E-state index is 0.0937. The van der Waals surface area contributed by atoms with Gasteiger partial charge in [-0.05, 0) is 12.8 Å². The van der Waals surface area contributed by atoms with E-state index in [-0.39, 0.29) is 6.03 Å². The van der Waals surface area contributed by atoms with E-state index in [1.54, 1.807) is 0 Å². The monoisotopic (exact) mass is 182 g/mol. The highest BCUT2D eigenvalue weighted by Gasteiger charge is 2.37. The maximum absolute atomic E-state index is 11.2. The molecule has 1 spiro atoms. The first kappa shape index (κ1) is 8.85. The third kappa shape index (κ3) is 1.64. The Morgan fingerprint density at radius 3 is 2.62 bits per heavy atom. The highest BCUT2D eigenvalue weighted by atomic mass is 16.2. The highest BCUT2D eigenvalue weighted by Crippen LogP contribution is 2.37. The van der Waals surface area contributed by atoms with E-state index in [9.17, 15) is 4.79 Å². The Morgan fingerprint density at radius 2 is 2.00 bits per heavy atom. The van der Waals surface area contributed by atoms with Gasteiger partial charge in [-0.3, -0.25) is 0 Å². The zero-order valence-electron chi connectivity index (χ0n) is 8.31. The van der Waals surface area contributed by atoms with Crippen molar-refractivity contribution in [1.29, 1.82) is 0 Å². The van der Waals surface area contributed by atoms with E-state index in [0.29, 0.717) is 5.41 Å². The summed E-state index contributed by atoms with van der Waals surface area (Å²) in [6.45, 7) is 1.86. The number of nitrogens with one attached hydrogen (secondary N) is 1. The summed E-state index contributed by atoms with van der Waals surface area (Å²) >= 11 is 0. The lowest BCUT2D eigenvalue weighted by Crippen LogP contribution is -2.55. The molecule has 3 nitrogen and oxygen atoms in total. The number of hydrogen-bond acceptors (Lipinski definition) is 1. The van der Waals surface area contributed by atoms with Gasteiger partial charge in [0.2, 0.25) is 0 Å². The van der Waals surface area contributed by atoms with Crippen LogP contribution in [-0.2, 0) is 0 Å². The third-order valence-corrected chi connectivity index (χ3v) is 3.45. The number of carbonyl (C=O) groups excluding carboxylic acids is 1. The molecule has 2 aliphatic rings. The van der Waals surface area contributed by atoms with Crippen molar-refractivity contribution in [2.75, 3.05) is 20.1 Å². The Labute approximate surface area is 79.5 Å². The molecule has 1 saturated heterocycles. The van der Waals surface area contributed by atoms with Crippen LogP contribution in [0.2, 0.25) is 0 Å². The average molecular weight is 182 g/mol. The van der Waals surface area contributed by atoms with Gasteiger partial charge in [0, 0.05) is 25.6 Å². The third-order valence-electron chi connectivity index (χ3n) is 3.45. The molecule has 0 aromatic heterocycles. The molecule has 1 N–H and O–H groups in total. The van der Waals surface area contributed by atoms with E-state index < -0.39 is 0 Å². The molecule has 0 radical (unpaired) electrons. The lowest BCUT2D eigenvalue weighted by atomic mass is 9.73. The Morgan fingerprint density at radius 1 is 1.31 bits per heavy atom. The van der Waals surface area contributed by atoms with Gasteiger partial charge in [0.1, 0.15) is 0 Å². The van der Waals surface area contributed by atoms with Crippen molar-refractivity contribution in [3.63, 3.8) is 0 Å². The van der Waals surface area contributed by atoms with Crippen LogP contribution >= 0.6 is 0 Å². The van der Waals surface area contributed by atoms with E-state index in [0.717, 1.165) is 13.1 Å². The Kier molecular flexibility index (Phi) is 2.18. The van der Waals surface area contributed by atoms with Crippen LogP contribution in [0, 0.1) is 5.41 Å². The van der Waals surface area contributed by atoms with E-state index >= 15 is 0 Å². The van der Waals surface area contributed by atoms with Crippen LogP contribution in [0.1, 0.15) is 32.1 Å². The van der Waals surface area contributed by atoms with Gasteiger partial charge < -0.3 is 10.2 Å². The molecule has 2 amide bonds. The number of nitrogens with zero attached hydrogens (tertiary/aromatic N) is 1. The summed E-state index contributed by atoms with van der Waals surface area (Å²) in [5, 5.41) is 2.98. The normalized spacial score (nSPS) is 27.5. The highest BCUT2D eigenvalue weighted by molar-refractivity contribution is 5.74. The molecule has 0 aromatic rings. The predicted octanol–water partition coefficient (Wildman–Crippen LogP) is 1.59. The van der Waals surface area contributed by atoms with E-state index in [4.69, 9.17) is 0 Å². The molecule has 0 bridgehead atoms. The average Bonchev–Trinajstić information content (AvgIpc) is 2.14. The van der Waals surface area contributed by atoms with Crippen LogP contribution in [0.4, 0.5) is 4.79 Å². The summed E-state index contributed by atoms with van der Waals surface area (Å²) < 4.78 is 0. The van der Waals surface area contributed by atoms with Crippen molar-refractivity contribution < 1.29 is 4.79 Å². The standard InChI is InChI=1S/C10H18N2O/c1-12-8-10(7-11-9(12)13)5-3-2-4-6-10/h2-8H2,1H3,(H,11,13). The smallest absolute Gasteiger partial charge is 0.317 e. The van der Waals surface area contributed by atoms with Crippen LogP contribution in [-0.4, -0.2) is 31.1 Å². The van der Waals surface area contributed by atoms with Gasteiger partial charge in [0.25, 0.3) is 0 Å². The summed E-state index contributed by atoms with van der Waals surface area (Å²) in [7, 11) is 1.89. The van der Waals surface area contributed by atoms with Crippen molar-refractivity contribution in [3.8, 4) is 0 Å². The Bertz CT molecular complexity index is 209. The summed E-state index contributed by atoms with van der Waals surface area (Å²) in [4.78, 5) is 13.1. The fourth-order valence-corrected chi connectivity index (χ4v) is 2.67. The van der Waals surface area contributed by atoms with Crippen LogP contribution in [0.25, 0.3) is 0 Å². The van der Waals surface area contributed by atoms with Gasteiger partial charge in [0.15, 0.2) is 0 Å². The molecule has 1 heterocycles. The molecular weight excluding hydrogens is 164 g/mol. The van der Waals surface area contributed by atoms with Crippen LogP contribution < -0.4 is 5.32 Å². The maximum Gasteiger partial charge on any atom is 0.317 e. The van der Waals surface area contributed by atoms with Crippen molar-refractivity contribution in [1.82, 2.24) is 10.2 Å². The largest absolute Gasteiger partial charge is 0.337 e. The molecule has 74 valence electrons. The van der Waals surface area contributed by atoms with Crippen molar-refractivity contribution in [2.24, 2.45) is 5.41 Å². The fraction of sp³-hybridized carbons (Fsp3) is 0.900. The van der Waals surface area contributed by atoms with Gasteiger partial charge in [-0.15, -0.1) is 0 Å². The van der Waals surface area contributed by atoms with Crippen molar-refractivity contribution >= 4 is 6.03 Å². The molecule has 0 atom stereocenters. The molecule has 2 rings (SSSR count). The number of hydrogen-bond donors (Lipinski definition) is 1. The number of rotatable bonds is 0. The zero-order chi connectivity index (χ0) is 9.31.